The summed E-state index contributed by atoms with van der Waals surface area (Å²) in [6.45, 7) is 12.0. The molecule has 118 valence electrons. The minimum Gasteiger partial charge on any atom is -0.493 e. The fourth-order valence-electron chi connectivity index (χ4n) is 2.59. The Bertz CT molecular complexity index is 397. The normalized spacial score (nSPS) is 16.1. The van der Waals surface area contributed by atoms with Crippen LogP contribution in [0.3, 0.4) is 0 Å². The van der Waals surface area contributed by atoms with Gasteiger partial charge in [0.25, 0.3) is 0 Å². The zero-order chi connectivity index (χ0) is 14.9. The van der Waals surface area contributed by atoms with Crippen LogP contribution < -0.4 is 10.1 Å². The molecule has 21 heavy (non-hydrogen) atoms. The SMILES string of the molecule is Cc1cccc(C)c1OCCCOCCN1CCNCC1. The van der Waals surface area contributed by atoms with E-state index in [-0.39, 0.29) is 0 Å². The Labute approximate surface area is 128 Å². The largest absolute Gasteiger partial charge is 0.493 e. The molecule has 4 heteroatoms. The molecule has 2 rings (SSSR count). The van der Waals surface area contributed by atoms with Crippen molar-refractivity contribution in [1.29, 1.82) is 0 Å². The van der Waals surface area contributed by atoms with Crippen LogP contribution in [-0.4, -0.2) is 57.4 Å². The quantitative estimate of drug-likeness (QED) is 0.743. The highest BCUT2D eigenvalue weighted by Crippen LogP contribution is 2.22. The predicted molar refractivity (Wildman–Crippen MR) is 86.2 cm³/mol. The Kier molecular flexibility index (Phi) is 7.00. The molecule has 1 aliphatic heterocycles. The van der Waals surface area contributed by atoms with Crippen LogP contribution in [0.2, 0.25) is 0 Å². The van der Waals surface area contributed by atoms with Crippen molar-refractivity contribution in [2.24, 2.45) is 0 Å². The summed E-state index contributed by atoms with van der Waals surface area (Å²) in [6, 6.07) is 6.25. The number of benzene rings is 1. The molecule has 1 aliphatic rings. The van der Waals surface area contributed by atoms with Crippen molar-refractivity contribution < 1.29 is 9.47 Å². The van der Waals surface area contributed by atoms with Crippen molar-refractivity contribution in [2.45, 2.75) is 20.3 Å². The van der Waals surface area contributed by atoms with E-state index in [9.17, 15) is 0 Å². The Balaban J connectivity index is 1.52. The molecule has 0 atom stereocenters. The molecule has 4 nitrogen and oxygen atoms in total. The molecule has 0 amide bonds. The number of nitrogens with one attached hydrogen (secondary N) is 1. The predicted octanol–water partition coefficient (Wildman–Crippen LogP) is 1.99. The van der Waals surface area contributed by atoms with Crippen molar-refractivity contribution in [3.05, 3.63) is 29.3 Å². The summed E-state index contributed by atoms with van der Waals surface area (Å²) >= 11 is 0. The second kappa shape index (κ2) is 9.03. The minimum atomic E-state index is 0.722. The second-order valence-electron chi connectivity index (χ2n) is 5.63. The number of piperazine rings is 1. The first kappa shape index (κ1) is 16.3. The average molecular weight is 292 g/mol. The van der Waals surface area contributed by atoms with Crippen LogP contribution in [0.25, 0.3) is 0 Å². The molecule has 1 N–H and O–H groups in total. The average Bonchev–Trinajstić information content (AvgIpc) is 2.50. The smallest absolute Gasteiger partial charge is 0.125 e. The van der Waals surface area contributed by atoms with E-state index < -0.39 is 0 Å². The van der Waals surface area contributed by atoms with Gasteiger partial charge in [-0.05, 0) is 25.0 Å². The first-order valence-corrected chi connectivity index (χ1v) is 7.97. The Hall–Kier alpha value is -1.10. The maximum Gasteiger partial charge on any atom is 0.125 e. The molecule has 1 heterocycles. The Morgan fingerprint density at radius 3 is 2.48 bits per heavy atom. The number of nitrogens with zero attached hydrogens (tertiary/aromatic N) is 1. The third-order valence-corrected chi connectivity index (χ3v) is 3.85. The van der Waals surface area contributed by atoms with Crippen LogP contribution in [0.1, 0.15) is 17.5 Å². The third kappa shape index (κ3) is 5.65. The zero-order valence-corrected chi connectivity index (χ0v) is 13.4. The van der Waals surface area contributed by atoms with Crippen molar-refractivity contribution in [1.82, 2.24) is 10.2 Å². The van der Waals surface area contributed by atoms with E-state index in [1.54, 1.807) is 0 Å². The fraction of sp³-hybridized carbons (Fsp3) is 0.647. The maximum absolute atomic E-state index is 5.87. The van der Waals surface area contributed by atoms with Crippen LogP contribution in [0.4, 0.5) is 0 Å². The van der Waals surface area contributed by atoms with Gasteiger partial charge >= 0.3 is 0 Å². The molecule has 0 bridgehead atoms. The zero-order valence-electron chi connectivity index (χ0n) is 13.4. The summed E-state index contributed by atoms with van der Waals surface area (Å²) in [4.78, 5) is 2.45. The standard InChI is InChI=1S/C17H28N2O2/c1-15-5-3-6-16(2)17(15)21-13-4-12-20-14-11-19-9-7-18-8-10-19/h3,5-6,18H,4,7-14H2,1-2H3. The van der Waals surface area contributed by atoms with Crippen LogP contribution in [0.5, 0.6) is 5.75 Å². The van der Waals surface area contributed by atoms with E-state index in [0.717, 1.165) is 64.7 Å². The summed E-state index contributed by atoms with van der Waals surface area (Å²) in [5, 5.41) is 3.36. The molecule has 1 aromatic rings. The molecule has 0 unspecified atom stereocenters. The summed E-state index contributed by atoms with van der Waals surface area (Å²) in [6.07, 6.45) is 0.940. The van der Waals surface area contributed by atoms with Crippen LogP contribution in [0.15, 0.2) is 18.2 Å². The van der Waals surface area contributed by atoms with Crippen molar-refractivity contribution in [3.63, 3.8) is 0 Å². The summed E-state index contributed by atoms with van der Waals surface area (Å²) < 4.78 is 11.6. The summed E-state index contributed by atoms with van der Waals surface area (Å²) in [7, 11) is 0. The van der Waals surface area contributed by atoms with E-state index in [1.165, 1.54) is 11.1 Å². The van der Waals surface area contributed by atoms with Crippen molar-refractivity contribution >= 4 is 0 Å². The molecule has 0 aliphatic carbocycles. The highest BCUT2D eigenvalue weighted by Gasteiger charge is 2.08. The van der Waals surface area contributed by atoms with E-state index in [2.05, 4.69) is 42.3 Å². The number of aryl methyl sites for hydroxylation is 2. The van der Waals surface area contributed by atoms with Crippen molar-refractivity contribution in [2.75, 3.05) is 52.5 Å². The van der Waals surface area contributed by atoms with E-state index >= 15 is 0 Å². The highest BCUT2D eigenvalue weighted by atomic mass is 16.5. The lowest BCUT2D eigenvalue weighted by Gasteiger charge is -2.26. The summed E-state index contributed by atoms with van der Waals surface area (Å²) in [5.74, 6) is 1.03. The minimum absolute atomic E-state index is 0.722. The van der Waals surface area contributed by atoms with Gasteiger partial charge < -0.3 is 14.8 Å². The van der Waals surface area contributed by atoms with Gasteiger partial charge in [-0.1, -0.05) is 18.2 Å². The van der Waals surface area contributed by atoms with Crippen molar-refractivity contribution in [3.8, 4) is 5.75 Å². The second-order valence-corrected chi connectivity index (χ2v) is 5.63. The van der Waals surface area contributed by atoms with Gasteiger partial charge in [0.15, 0.2) is 0 Å². The first-order chi connectivity index (χ1) is 10.3. The molecular formula is C17H28N2O2. The first-order valence-electron chi connectivity index (χ1n) is 7.97. The maximum atomic E-state index is 5.87. The van der Waals surface area contributed by atoms with E-state index in [4.69, 9.17) is 9.47 Å². The Morgan fingerprint density at radius 1 is 1.05 bits per heavy atom. The molecule has 1 aromatic carbocycles. The van der Waals surface area contributed by atoms with Gasteiger partial charge in [0, 0.05) is 45.8 Å². The molecular weight excluding hydrogens is 264 g/mol. The topological polar surface area (TPSA) is 33.7 Å². The molecule has 0 saturated carbocycles. The van der Waals surface area contributed by atoms with Gasteiger partial charge in [-0.15, -0.1) is 0 Å². The highest BCUT2D eigenvalue weighted by molar-refractivity contribution is 5.39. The Morgan fingerprint density at radius 2 is 1.76 bits per heavy atom. The third-order valence-electron chi connectivity index (χ3n) is 3.85. The monoisotopic (exact) mass is 292 g/mol. The van der Waals surface area contributed by atoms with E-state index in [0.29, 0.717) is 0 Å². The lowest BCUT2D eigenvalue weighted by atomic mass is 10.1. The van der Waals surface area contributed by atoms with Gasteiger partial charge in [-0.25, -0.2) is 0 Å². The van der Waals surface area contributed by atoms with E-state index in [1.807, 2.05) is 0 Å². The van der Waals surface area contributed by atoms with Gasteiger partial charge in [0.1, 0.15) is 5.75 Å². The van der Waals surface area contributed by atoms with Gasteiger partial charge in [0.05, 0.1) is 13.2 Å². The lowest BCUT2D eigenvalue weighted by molar-refractivity contribution is 0.0900. The molecule has 1 saturated heterocycles. The molecule has 1 fully saturated rings. The molecule has 0 radical (unpaired) electrons. The number of hydrogen-bond donors (Lipinski definition) is 1. The van der Waals surface area contributed by atoms with Crippen LogP contribution >= 0.6 is 0 Å². The number of ether oxygens (including phenoxy) is 2. The lowest BCUT2D eigenvalue weighted by Crippen LogP contribution is -2.44. The number of hydrogen-bond acceptors (Lipinski definition) is 4. The van der Waals surface area contributed by atoms with Gasteiger partial charge in [-0.3, -0.25) is 4.90 Å². The molecule has 0 aromatic heterocycles. The molecule has 0 spiro atoms. The fourth-order valence-corrected chi connectivity index (χ4v) is 2.59. The number of para-hydroxylation sites is 1. The van der Waals surface area contributed by atoms with Gasteiger partial charge in [0.2, 0.25) is 0 Å². The number of rotatable bonds is 8. The van der Waals surface area contributed by atoms with Crippen LogP contribution in [0, 0.1) is 13.8 Å². The van der Waals surface area contributed by atoms with Crippen LogP contribution in [-0.2, 0) is 4.74 Å². The summed E-state index contributed by atoms with van der Waals surface area (Å²) in [5.41, 5.74) is 2.41. The van der Waals surface area contributed by atoms with Gasteiger partial charge in [-0.2, -0.15) is 0 Å².